The highest BCUT2D eigenvalue weighted by atomic mass is 19.4. The Morgan fingerprint density at radius 3 is 0.603 bits per heavy atom. The number of alkyl carbamates (subject to hydrolysis) is 6. The van der Waals surface area contributed by atoms with Gasteiger partial charge in [0, 0.05) is 70.4 Å². The van der Waals surface area contributed by atoms with Gasteiger partial charge in [-0.05, 0) is 234 Å². The molecule has 0 unspecified atom stereocenters. The van der Waals surface area contributed by atoms with Crippen LogP contribution in [0.25, 0.3) is 0 Å². The van der Waals surface area contributed by atoms with E-state index in [1.54, 1.807) is 13.8 Å². The lowest BCUT2D eigenvalue weighted by atomic mass is 9.90. The van der Waals surface area contributed by atoms with Crippen LogP contribution in [0.3, 0.4) is 0 Å². The number of anilines is 6. The average molecular weight is 1810 g/mol. The Morgan fingerprint density at radius 2 is 0.444 bits per heavy atom. The van der Waals surface area contributed by atoms with E-state index in [9.17, 15) is 108 Å². The number of fused-ring (bicyclic) bond motifs is 6. The highest BCUT2D eigenvalue weighted by molar-refractivity contribution is 5.74. The van der Waals surface area contributed by atoms with Gasteiger partial charge >= 0.3 is 73.6 Å². The van der Waals surface area contributed by atoms with E-state index in [0.29, 0.717) is 106 Å². The minimum atomic E-state index is -4.41. The van der Waals surface area contributed by atoms with Crippen LogP contribution in [0.2, 0.25) is 0 Å². The summed E-state index contributed by atoms with van der Waals surface area (Å²) in [7, 11) is 4.88. The first-order valence-electron chi connectivity index (χ1n) is 40.1. The fourth-order valence-corrected chi connectivity index (χ4v) is 14.7. The van der Waals surface area contributed by atoms with Crippen molar-refractivity contribution in [3.05, 3.63) is 176 Å². The Balaban J connectivity index is 0.000000208. The van der Waals surface area contributed by atoms with Crippen LogP contribution in [-0.2, 0) is 65.5 Å². The molecule has 24 nitrogen and oxygen atoms in total. The van der Waals surface area contributed by atoms with E-state index >= 15 is 0 Å². The van der Waals surface area contributed by atoms with E-state index < -0.39 is 143 Å². The van der Waals surface area contributed by atoms with Crippen molar-refractivity contribution in [2.45, 2.75) is 229 Å². The summed E-state index contributed by atoms with van der Waals surface area (Å²) in [6.45, 7) is 15.5. The van der Waals surface area contributed by atoms with Crippen molar-refractivity contribution in [2.75, 3.05) is 73.6 Å². The molecule has 12 N–H and O–H groups in total. The lowest BCUT2D eigenvalue weighted by Crippen LogP contribution is -2.37. The second-order valence-corrected chi connectivity index (χ2v) is 29.9. The van der Waals surface area contributed by atoms with Crippen molar-refractivity contribution in [2.24, 2.45) is 0 Å². The number of nitrogens with one attached hydrogen (secondary N) is 12. The van der Waals surface area contributed by atoms with Crippen LogP contribution in [0.15, 0.2) is 109 Å². The first-order chi connectivity index (χ1) is 59.0. The Labute approximate surface area is 714 Å². The Kier molecular flexibility index (Phi) is 35.5. The van der Waals surface area contributed by atoms with Crippen LogP contribution in [-0.4, -0.2) is 114 Å². The van der Waals surface area contributed by atoms with Gasteiger partial charge in [-0.1, -0.05) is 27.7 Å². The van der Waals surface area contributed by atoms with Crippen molar-refractivity contribution >= 4 is 70.7 Å². The van der Waals surface area contributed by atoms with Crippen LogP contribution < -0.4 is 63.8 Å². The molecule has 6 heterocycles. The summed E-state index contributed by atoms with van der Waals surface area (Å²) in [6, 6.07) is 18.6. The van der Waals surface area contributed by atoms with Crippen molar-refractivity contribution in [1.29, 1.82) is 0 Å². The van der Waals surface area contributed by atoms with Gasteiger partial charge in [-0.2, -0.15) is 79.0 Å². The van der Waals surface area contributed by atoms with Gasteiger partial charge in [0.1, 0.15) is 0 Å². The number of carbonyl (C=O) groups is 6. The number of methoxy groups -OCH3 is 4. The second kappa shape index (κ2) is 44.1. The summed E-state index contributed by atoms with van der Waals surface area (Å²) < 4.78 is 259. The molecule has 0 spiro atoms. The van der Waals surface area contributed by atoms with E-state index in [1.165, 1.54) is 64.8 Å². The summed E-state index contributed by atoms with van der Waals surface area (Å²) in [6.07, 6.45) is -24.1. The molecule has 0 bridgehead atoms. The Morgan fingerprint density at radius 1 is 0.278 bits per heavy atom. The van der Waals surface area contributed by atoms with E-state index in [-0.39, 0.29) is 49.5 Å². The number of hydrogen-bond donors (Lipinski definition) is 12. The van der Waals surface area contributed by atoms with Crippen molar-refractivity contribution < 1.29 is 136 Å². The standard InChI is InChI=1S/2C15H19F3N2O2.2C14H17F3N2O2.2C13H15F3N2O2/c2*1-3-10-8-13(20-14(21)22-4-2)11-7-9(15(16,17)18)5-6-12(11)19-10;2*1-3-9-7-12(19-13(20)21-2)10-6-8(14(15,16)17)4-5-11(10)18-9;2*1-7-5-11(18-12(19)20-2)9-6-8(13(14,15)16)3-4-10(9)17-7/h2*5-7,10,13,19H,3-4,8H2,1-2H3,(H,20,21);2*4-6,9,12,18H,3,7H2,1-2H3,(H,19,20);2*3-4,6-7,11,17H,5H2,1-2H3,(H,18,19)/t2*10-,13+;2*9-,12+;2*7-,11+/m101010/s1. The first kappa shape index (κ1) is 102. The van der Waals surface area contributed by atoms with Gasteiger partial charge in [-0.15, -0.1) is 0 Å². The van der Waals surface area contributed by atoms with Crippen molar-refractivity contribution in [3.8, 4) is 0 Å². The number of amides is 6. The summed E-state index contributed by atoms with van der Waals surface area (Å²) in [5, 5.41) is 34.6. The van der Waals surface area contributed by atoms with Crippen LogP contribution in [0.5, 0.6) is 0 Å². The zero-order chi connectivity index (χ0) is 93.7. The van der Waals surface area contributed by atoms with E-state index in [1.807, 2.05) is 41.5 Å². The second-order valence-electron chi connectivity index (χ2n) is 29.9. The number of alkyl halides is 18. The molecule has 6 aliphatic heterocycles. The summed E-state index contributed by atoms with van der Waals surface area (Å²) in [4.78, 5) is 68.6. The van der Waals surface area contributed by atoms with E-state index in [4.69, 9.17) is 9.47 Å². The molecule has 0 radical (unpaired) electrons. The maximum Gasteiger partial charge on any atom is 0.416 e. The highest BCUT2D eigenvalue weighted by Crippen LogP contribution is 2.46. The lowest BCUT2D eigenvalue weighted by Gasteiger charge is -2.33. The minimum absolute atomic E-state index is 0.0430. The molecular weight excluding hydrogens is 1710 g/mol. The lowest BCUT2D eigenvalue weighted by molar-refractivity contribution is -0.138. The molecule has 0 fully saturated rings. The van der Waals surface area contributed by atoms with Crippen molar-refractivity contribution in [1.82, 2.24) is 31.9 Å². The Hall–Kier alpha value is -11.5. The summed E-state index contributed by atoms with van der Waals surface area (Å²) >= 11 is 0. The molecule has 6 aliphatic rings. The van der Waals surface area contributed by atoms with Gasteiger partial charge in [-0.3, -0.25) is 0 Å². The van der Waals surface area contributed by atoms with Gasteiger partial charge in [0.2, 0.25) is 0 Å². The quantitative estimate of drug-likeness (QED) is 0.0400. The monoisotopic (exact) mass is 1810 g/mol. The molecule has 12 atom stereocenters. The number of hydrogen-bond acceptors (Lipinski definition) is 18. The number of halogens is 18. The fraction of sp³-hybridized carbons (Fsp3) is 0.500. The van der Waals surface area contributed by atoms with Gasteiger partial charge < -0.3 is 92.2 Å². The van der Waals surface area contributed by atoms with Crippen LogP contribution >= 0.6 is 0 Å². The average Bonchev–Trinajstić information content (AvgIpc) is 0.808. The molecular formula is C84H102F18N12O12. The zero-order valence-corrected chi connectivity index (χ0v) is 70.5. The topological polar surface area (TPSA) is 302 Å². The highest BCUT2D eigenvalue weighted by Gasteiger charge is 2.42. The first-order valence-corrected chi connectivity index (χ1v) is 40.1. The third kappa shape index (κ3) is 28.8. The molecule has 12 rings (SSSR count). The van der Waals surface area contributed by atoms with Crippen molar-refractivity contribution in [3.63, 3.8) is 0 Å². The van der Waals surface area contributed by atoms with Gasteiger partial charge in [0.15, 0.2) is 0 Å². The minimum Gasteiger partial charge on any atom is -0.453 e. The third-order valence-electron chi connectivity index (χ3n) is 21.0. The normalized spacial score (nSPS) is 21.2. The number of ether oxygens (including phenoxy) is 6. The molecule has 696 valence electrons. The van der Waals surface area contributed by atoms with Crippen LogP contribution in [0, 0.1) is 0 Å². The fourth-order valence-electron chi connectivity index (χ4n) is 14.7. The SMILES string of the molecule is CCOC(=O)N[C@@H]1C[C@H](CC)Nc2ccc(C(F)(F)F)cc21.CCOC(=O)N[C@H]1C[C@@H](CC)Nc2ccc(C(F)(F)F)cc21.CC[C@@H]1C[C@H](NC(=O)OC)c2cc(C(F)(F)F)ccc2N1.CC[C@H]1C[C@@H](NC(=O)OC)c2cc(C(F)(F)F)ccc2N1.COC(=O)N[C@@H]1C[C@H](C)Nc2ccc(C(F)(F)F)cc21.COC(=O)N[C@H]1C[C@@H](C)Nc2ccc(C(F)(F)F)cc21. The molecule has 6 aromatic carbocycles. The third-order valence-corrected chi connectivity index (χ3v) is 21.0. The number of rotatable bonds is 12. The smallest absolute Gasteiger partial charge is 0.416 e. The maximum absolute atomic E-state index is 12.9. The number of benzene rings is 6. The van der Waals surface area contributed by atoms with Crippen LogP contribution in [0.4, 0.5) is 142 Å². The molecule has 6 amide bonds. The summed E-state index contributed by atoms with van der Waals surface area (Å²) in [5.74, 6) is 0. The molecule has 42 heteroatoms. The molecule has 0 aromatic heterocycles. The predicted octanol–water partition coefficient (Wildman–Crippen LogP) is 22.2. The van der Waals surface area contributed by atoms with E-state index in [0.717, 1.165) is 98.5 Å². The Bertz CT molecular complexity index is 4380. The number of carbonyl (C=O) groups excluding carboxylic acids is 6. The van der Waals surface area contributed by atoms with Crippen LogP contribution in [0.1, 0.15) is 223 Å². The molecule has 0 aliphatic carbocycles. The molecule has 0 saturated heterocycles. The molecule has 126 heavy (non-hydrogen) atoms. The summed E-state index contributed by atoms with van der Waals surface area (Å²) in [5.41, 5.74) is 1.86. The van der Waals surface area contributed by atoms with Gasteiger partial charge in [-0.25, -0.2) is 28.8 Å². The van der Waals surface area contributed by atoms with E-state index in [2.05, 4.69) is 82.7 Å². The maximum atomic E-state index is 12.9. The molecule has 0 saturated carbocycles. The predicted molar refractivity (Wildman–Crippen MR) is 432 cm³/mol. The molecule has 6 aromatic rings. The zero-order valence-electron chi connectivity index (χ0n) is 70.5. The van der Waals surface area contributed by atoms with Gasteiger partial charge in [0.05, 0.1) is 111 Å². The van der Waals surface area contributed by atoms with Gasteiger partial charge in [0.25, 0.3) is 0 Å². The largest absolute Gasteiger partial charge is 0.453 e.